The van der Waals surface area contributed by atoms with E-state index >= 15 is 0 Å². The molecule has 0 saturated carbocycles. The van der Waals surface area contributed by atoms with E-state index in [-0.39, 0.29) is 18.2 Å². The number of carbonyl (C=O) groups is 2. The molecule has 4 nitrogen and oxygen atoms in total. The Kier molecular flexibility index (Phi) is 6.38. The second kappa shape index (κ2) is 8.51. The minimum Gasteiger partial charge on any atom is -0.355 e. The summed E-state index contributed by atoms with van der Waals surface area (Å²) < 4.78 is 37.5. The molecule has 0 atom stereocenters. The first-order chi connectivity index (χ1) is 12.2. The Morgan fingerprint density at radius 1 is 0.923 bits per heavy atom. The van der Waals surface area contributed by atoms with Crippen LogP contribution in [0.4, 0.5) is 18.9 Å². The topological polar surface area (TPSA) is 58.2 Å². The summed E-state index contributed by atoms with van der Waals surface area (Å²) in [6, 6.07) is 11.8. The van der Waals surface area contributed by atoms with E-state index in [2.05, 4.69) is 10.6 Å². The minimum atomic E-state index is -4.35. The zero-order valence-corrected chi connectivity index (χ0v) is 14.2. The van der Waals surface area contributed by atoms with E-state index in [1.54, 1.807) is 24.3 Å². The van der Waals surface area contributed by atoms with Crippen molar-refractivity contribution in [3.05, 3.63) is 65.2 Å². The van der Waals surface area contributed by atoms with Crippen LogP contribution in [0.5, 0.6) is 0 Å². The van der Waals surface area contributed by atoms with Gasteiger partial charge in [0.15, 0.2) is 0 Å². The van der Waals surface area contributed by atoms with Crippen LogP contribution in [0, 0.1) is 0 Å². The van der Waals surface area contributed by atoms with Gasteiger partial charge in [0.1, 0.15) is 0 Å². The van der Waals surface area contributed by atoms with Crippen molar-refractivity contribution in [2.75, 3.05) is 11.9 Å². The SMILES string of the molecule is CC(=O)Nc1ccc(CC(=O)NCCc2ccc(C(F)(F)F)cc2)cc1. The van der Waals surface area contributed by atoms with E-state index in [0.29, 0.717) is 18.7 Å². The summed E-state index contributed by atoms with van der Waals surface area (Å²) in [6.45, 7) is 1.76. The normalized spacial score (nSPS) is 11.1. The lowest BCUT2D eigenvalue weighted by atomic mass is 10.1. The predicted molar refractivity (Wildman–Crippen MR) is 92.6 cm³/mol. The molecule has 26 heavy (non-hydrogen) atoms. The molecule has 7 heteroatoms. The molecule has 0 heterocycles. The average Bonchev–Trinajstić information content (AvgIpc) is 2.56. The summed E-state index contributed by atoms with van der Waals surface area (Å²) in [7, 11) is 0. The van der Waals surface area contributed by atoms with Gasteiger partial charge < -0.3 is 10.6 Å². The largest absolute Gasteiger partial charge is 0.416 e. The van der Waals surface area contributed by atoms with Crippen LogP contribution in [0.1, 0.15) is 23.6 Å². The number of rotatable bonds is 6. The van der Waals surface area contributed by atoms with Gasteiger partial charge in [-0.05, 0) is 41.8 Å². The maximum atomic E-state index is 12.5. The van der Waals surface area contributed by atoms with Crippen molar-refractivity contribution in [2.45, 2.75) is 25.9 Å². The lowest BCUT2D eigenvalue weighted by Gasteiger charge is -2.09. The molecular formula is C19H19F3N2O2. The summed E-state index contributed by atoms with van der Waals surface area (Å²) in [5.74, 6) is -0.344. The van der Waals surface area contributed by atoms with Gasteiger partial charge in [-0.1, -0.05) is 24.3 Å². The Labute approximate surface area is 149 Å². The third-order valence-electron chi connectivity index (χ3n) is 3.66. The summed E-state index contributed by atoms with van der Waals surface area (Å²) in [5.41, 5.74) is 1.49. The smallest absolute Gasteiger partial charge is 0.355 e. The highest BCUT2D eigenvalue weighted by molar-refractivity contribution is 5.88. The molecule has 0 spiro atoms. The van der Waals surface area contributed by atoms with Crippen LogP contribution >= 0.6 is 0 Å². The van der Waals surface area contributed by atoms with E-state index < -0.39 is 11.7 Å². The molecule has 0 unspecified atom stereocenters. The third-order valence-corrected chi connectivity index (χ3v) is 3.66. The highest BCUT2D eigenvalue weighted by atomic mass is 19.4. The molecule has 0 fully saturated rings. The molecule has 2 N–H and O–H groups in total. The first-order valence-electron chi connectivity index (χ1n) is 8.03. The number of nitrogens with one attached hydrogen (secondary N) is 2. The summed E-state index contributed by atoms with van der Waals surface area (Å²) in [6.07, 6.45) is -3.71. The Hall–Kier alpha value is -2.83. The molecule has 0 aliphatic carbocycles. The summed E-state index contributed by atoms with van der Waals surface area (Å²) in [4.78, 5) is 22.9. The molecule has 2 aromatic rings. The molecule has 2 rings (SSSR count). The highest BCUT2D eigenvalue weighted by Gasteiger charge is 2.29. The lowest BCUT2D eigenvalue weighted by molar-refractivity contribution is -0.137. The van der Waals surface area contributed by atoms with E-state index in [4.69, 9.17) is 0 Å². The van der Waals surface area contributed by atoms with Gasteiger partial charge in [-0.3, -0.25) is 9.59 Å². The van der Waals surface area contributed by atoms with Gasteiger partial charge >= 0.3 is 6.18 Å². The van der Waals surface area contributed by atoms with Crippen molar-refractivity contribution in [2.24, 2.45) is 0 Å². The van der Waals surface area contributed by atoms with E-state index in [1.165, 1.54) is 19.1 Å². The Morgan fingerprint density at radius 3 is 2.04 bits per heavy atom. The van der Waals surface area contributed by atoms with E-state index in [0.717, 1.165) is 23.3 Å². The predicted octanol–water partition coefficient (Wildman–Crippen LogP) is 3.57. The summed E-state index contributed by atoms with van der Waals surface area (Å²) in [5, 5.41) is 5.38. The first-order valence-corrected chi connectivity index (χ1v) is 8.03. The maximum Gasteiger partial charge on any atom is 0.416 e. The fourth-order valence-corrected chi connectivity index (χ4v) is 2.36. The van der Waals surface area contributed by atoms with Crippen molar-refractivity contribution >= 4 is 17.5 Å². The molecule has 0 aromatic heterocycles. The van der Waals surface area contributed by atoms with Gasteiger partial charge in [-0.15, -0.1) is 0 Å². The summed E-state index contributed by atoms with van der Waals surface area (Å²) >= 11 is 0. The molecule has 0 aliphatic rings. The standard InChI is InChI=1S/C19H19F3N2O2/c1-13(25)24-17-8-4-15(5-9-17)12-18(26)23-11-10-14-2-6-16(7-3-14)19(20,21)22/h2-9H,10-12H2,1H3,(H,23,26)(H,24,25). The average molecular weight is 364 g/mol. The number of halogens is 3. The lowest BCUT2D eigenvalue weighted by Crippen LogP contribution is -2.27. The van der Waals surface area contributed by atoms with Crippen LogP contribution in [-0.2, 0) is 28.6 Å². The fourth-order valence-electron chi connectivity index (χ4n) is 2.36. The number of benzene rings is 2. The quantitative estimate of drug-likeness (QED) is 0.823. The van der Waals surface area contributed by atoms with Gasteiger partial charge in [0.2, 0.25) is 11.8 Å². The van der Waals surface area contributed by atoms with Gasteiger partial charge in [-0.25, -0.2) is 0 Å². The van der Waals surface area contributed by atoms with Crippen LogP contribution in [0.25, 0.3) is 0 Å². The van der Waals surface area contributed by atoms with Gasteiger partial charge in [0.25, 0.3) is 0 Å². The van der Waals surface area contributed by atoms with Crippen LogP contribution < -0.4 is 10.6 Å². The van der Waals surface area contributed by atoms with Crippen molar-refractivity contribution in [1.82, 2.24) is 5.32 Å². The third kappa shape index (κ3) is 6.23. The number of carbonyl (C=O) groups excluding carboxylic acids is 2. The Bertz CT molecular complexity index is 754. The molecule has 2 amide bonds. The second-order valence-corrected chi connectivity index (χ2v) is 5.85. The van der Waals surface area contributed by atoms with Crippen LogP contribution in [0.2, 0.25) is 0 Å². The van der Waals surface area contributed by atoms with Crippen molar-refractivity contribution in [3.8, 4) is 0 Å². The van der Waals surface area contributed by atoms with Crippen molar-refractivity contribution in [1.29, 1.82) is 0 Å². The number of hydrogen-bond donors (Lipinski definition) is 2. The monoisotopic (exact) mass is 364 g/mol. The van der Waals surface area contributed by atoms with E-state index in [9.17, 15) is 22.8 Å². The zero-order valence-electron chi connectivity index (χ0n) is 14.2. The highest BCUT2D eigenvalue weighted by Crippen LogP contribution is 2.29. The molecule has 2 aromatic carbocycles. The number of hydrogen-bond acceptors (Lipinski definition) is 2. The van der Waals surface area contributed by atoms with Crippen LogP contribution in [-0.4, -0.2) is 18.4 Å². The number of alkyl halides is 3. The van der Waals surface area contributed by atoms with Gasteiger partial charge in [0, 0.05) is 19.2 Å². The number of anilines is 1. The first kappa shape index (κ1) is 19.5. The van der Waals surface area contributed by atoms with Gasteiger partial charge in [-0.2, -0.15) is 13.2 Å². The van der Waals surface area contributed by atoms with Crippen molar-refractivity contribution < 1.29 is 22.8 Å². The van der Waals surface area contributed by atoms with Crippen molar-refractivity contribution in [3.63, 3.8) is 0 Å². The molecule has 0 aliphatic heterocycles. The number of amides is 2. The van der Waals surface area contributed by atoms with Crippen LogP contribution in [0.15, 0.2) is 48.5 Å². The molecule has 0 saturated heterocycles. The zero-order chi connectivity index (χ0) is 19.2. The Morgan fingerprint density at radius 2 is 1.50 bits per heavy atom. The fraction of sp³-hybridized carbons (Fsp3) is 0.263. The van der Waals surface area contributed by atoms with Crippen LogP contribution in [0.3, 0.4) is 0 Å². The Balaban J connectivity index is 1.77. The second-order valence-electron chi connectivity index (χ2n) is 5.85. The van der Waals surface area contributed by atoms with Gasteiger partial charge in [0.05, 0.1) is 12.0 Å². The molecule has 0 radical (unpaired) electrons. The molecular weight excluding hydrogens is 345 g/mol. The maximum absolute atomic E-state index is 12.5. The molecule has 138 valence electrons. The minimum absolute atomic E-state index is 0.168. The van der Waals surface area contributed by atoms with E-state index in [1.807, 2.05) is 0 Å². The molecule has 0 bridgehead atoms.